The second-order valence-corrected chi connectivity index (χ2v) is 7.26. The number of rotatable bonds is 2. The van der Waals surface area contributed by atoms with Crippen LogP contribution in [0.3, 0.4) is 0 Å². The highest BCUT2D eigenvalue weighted by atomic mass is 79.9. The van der Waals surface area contributed by atoms with Crippen LogP contribution in [0.5, 0.6) is 0 Å². The van der Waals surface area contributed by atoms with Gasteiger partial charge in [0, 0.05) is 26.2 Å². The number of anilines is 1. The van der Waals surface area contributed by atoms with Gasteiger partial charge in [0.25, 0.3) is 5.56 Å². The monoisotopic (exact) mass is 368 g/mol. The first-order chi connectivity index (χ1) is 10.7. The zero-order valence-corrected chi connectivity index (χ0v) is 14.9. The number of nitrogens with zero attached hydrogens (tertiary/aromatic N) is 4. The Morgan fingerprint density at radius 2 is 1.86 bits per heavy atom. The molecule has 6 heteroatoms. The molecule has 0 aromatic carbocycles. The van der Waals surface area contributed by atoms with Gasteiger partial charge in [-0.2, -0.15) is 5.10 Å². The SMILES string of the molecule is Cn1ncc(N2CCCC(N3CCCCCC3)C2)c(Br)c1=O. The number of hydrogen-bond acceptors (Lipinski definition) is 4. The molecule has 1 aromatic heterocycles. The van der Waals surface area contributed by atoms with Gasteiger partial charge in [0.2, 0.25) is 0 Å². The minimum atomic E-state index is -0.0607. The van der Waals surface area contributed by atoms with Crippen molar-refractivity contribution in [3.05, 3.63) is 21.0 Å². The fourth-order valence-electron chi connectivity index (χ4n) is 3.65. The van der Waals surface area contributed by atoms with Crippen LogP contribution in [-0.2, 0) is 7.05 Å². The summed E-state index contributed by atoms with van der Waals surface area (Å²) < 4.78 is 2.02. The highest BCUT2D eigenvalue weighted by Crippen LogP contribution is 2.27. The zero-order chi connectivity index (χ0) is 15.5. The van der Waals surface area contributed by atoms with E-state index < -0.39 is 0 Å². The molecule has 0 N–H and O–H groups in total. The molecular formula is C16H25BrN4O. The van der Waals surface area contributed by atoms with Gasteiger partial charge in [-0.15, -0.1) is 0 Å². The van der Waals surface area contributed by atoms with Gasteiger partial charge in [-0.1, -0.05) is 12.8 Å². The molecule has 3 heterocycles. The molecular weight excluding hydrogens is 344 g/mol. The van der Waals surface area contributed by atoms with Crippen molar-refractivity contribution < 1.29 is 0 Å². The van der Waals surface area contributed by atoms with Crippen LogP contribution in [-0.4, -0.2) is 46.9 Å². The lowest BCUT2D eigenvalue weighted by Gasteiger charge is -2.40. The Morgan fingerprint density at radius 3 is 2.59 bits per heavy atom. The summed E-state index contributed by atoms with van der Waals surface area (Å²) in [7, 11) is 1.69. The van der Waals surface area contributed by atoms with Crippen LogP contribution in [0.4, 0.5) is 5.69 Å². The first-order valence-corrected chi connectivity index (χ1v) is 9.17. The van der Waals surface area contributed by atoms with Gasteiger partial charge in [-0.3, -0.25) is 9.69 Å². The van der Waals surface area contributed by atoms with Crippen LogP contribution >= 0.6 is 15.9 Å². The highest BCUT2D eigenvalue weighted by Gasteiger charge is 2.27. The van der Waals surface area contributed by atoms with Crippen molar-refractivity contribution in [2.45, 2.75) is 44.6 Å². The minimum Gasteiger partial charge on any atom is -0.368 e. The highest BCUT2D eigenvalue weighted by molar-refractivity contribution is 9.10. The van der Waals surface area contributed by atoms with E-state index in [0.717, 1.165) is 18.8 Å². The number of aromatic nitrogens is 2. The van der Waals surface area contributed by atoms with Crippen molar-refractivity contribution in [1.29, 1.82) is 0 Å². The number of aryl methyl sites for hydroxylation is 1. The maximum absolute atomic E-state index is 12.1. The molecule has 2 aliphatic heterocycles. The minimum absolute atomic E-state index is 0.0607. The first-order valence-electron chi connectivity index (χ1n) is 8.37. The smallest absolute Gasteiger partial charge is 0.282 e. The van der Waals surface area contributed by atoms with E-state index >= 15 is 0 Å². The Hall–Kier alpha value is -0.880. The summed E-state index contributed by atoms with van der Waals surface area (Å²) in [6.45, 7) is 4.48. The molecule has 0 saturated carbocycles. The lowest BCUT2D eigenvalue weighted by atomic mass is 10.0. The van der Waals surface area contributed by atoms with E-state index in [1.54, 1.807) is 7.05 Å². The van der Waals surface area contributed by atoms with Crippen LogP contribution in [0.25, 0.3) is 0 Å². The van der Waals surface area contributed by atoms with Crippen molar-refractivity contribution in [2.75, 3.05) is 31.1 Å². The second kappa shape index (κ2) is 7.13. The summed E-state index contributed by atoms with van der Waals surface area (Å²) in [5.41, 5.74) is 0.886. The number of halogens is 1. The van der Waals surface area contributed by atoms with Crippen LogP contribution in [0.2, 0.25) is 0 Å². The van der Waals surface area contributed by atoms with Gasteiger partial charge < -0.3 is 4.90 Å². The van der Waals surface area contributed by atoms with Crippen LogP contribution < -0.4 is 10.5 Å². The molecule has 1 atom stereocenters. The predicted molar refractivity (Wildman–Crippen MR) is 92.5 cm³/mol. The molecule has 0 bridgehead atoms. The Kier molecular flexibility index (Phi) is 5.18. The number of hydrogen-bond donors (Lipinski definition) is 0. The van der Waals surface area contributed by atoms with Crippen molar-refractivity contribution in [3.8, 4) is 0 Å². The Morgan fingerprint density at radius 1 is 1.14 bits per heavy atom. The van der Waals surface area contributed by atoms with Crippen molar-refractivity contribution in [2.24, 2.45) is 7.05 Å². The summed E-state index contributed by atoms with van der Waals surface area (Å²) in [5, 5.41) is 4.19. The van der Waals surface area contributed by atoms with Gasteiger partial charge in [0.1, 0.15) is 4.47 Å². The summed E-state index contributed by atoms with van der Waals surface area (Å²) in [4.78, 5) is 17.1. The molecule has 0 aliphatic carbocycles. The lowest BCUT2D eigenvalue weighted by molar-refractivity contribution is 0.182. The molecule has 1 aromatic rings. The van der Waals surface area contributed by atoms with Crippen LogP contribution in [0.1, 0.15) is 38.5 Å². The Bertz CT molecular complexity index is 566. The molecule has 122 valence electrons. The molecule has 5 nitrogen and oxygen atoms in total. The number of likely N-dealkylation sites (tertiary alicyclic amines) is 1. The molecule has 0 amide bonds. The van der Waals surface area contributed by atoms with Crippen molar-refractivity contribution >= 4 is 21.6 Å². The molecule has 1 unspecified atom stereocenters. The van der Waals surface area contributed by atoms with E-state index in [-0.39, 0.29) is 5.56 Å². The van der Waals surface area contributed by atoms with E-state index in [0.29, 0.717) is 10.5 Å². The molecule has 3 rings (SSSR count). The first kappa shape index (κ1) is 16.0. The van der Waals surface area contributed by atoms with Gasteiger partial charge in [0.05, 0.1) is 11.9 Å². The summed E-state index contributed by atoms with van der Waals surface area (Å²) in [6, 6.07) is 0.614. The molecule has 2 saturated heterocycles. The normalized spacial score (nSPS) is 24.3. The van der Waals surface area contributed by atoms with Gasteiger partial charge in [0.15, 0.2) is 0 Å². The van der Waals surface area contributed by atoms with Crippen LogP contribution in [0, 0.1) is 0 Å². The summed E-state index contributed by atoms with van der Waals surface area (Å²) in [6.07, 6.45) is 9.67. The zero-order valence-electron chi connectivity index (χ0n) is 13.3. The standard InChI is InChI=1S/C16H25BrN4O/c1-19-16(22)15(17)14(11-18-19)21-10-6-7-13(12-21)20-8-4-2-3-5-9-20/h11,13H,2-10,12H2,1H3. The maximum atomic E-state index is 12.1. The van der Waals surface area contributed by atoms with E-state index in [1.807, 2.05) is 6.20 Å². The summed E-state index contributed by atoms with van der Waals surface area (Å²) >= 11 is 3.47. The van der Waals surface area contributed by atoms with Gasteiger partial charge in [-0.05, 0) is 54.7 Å². The quantitative estimate of drug-likeness (QED) is 0.803. The van der Waals surface area contributed by atoms with E-state index in [1.165, 1.54) is 56.3 Å². The Balaban J connectivity index is 1.75. The largest absolute Gasteiger partial charge is 0.368 e. The molecule has 0 spiro atoms. The average Bonchev–Trinajstić information content (AvgIpc) is 2.82. The molecule has 0 radical (unpaired) electrons. The van der Waals surface area contributed by atoms with E-state index in [9.17, 15) is 4.79 Å². The third kappa shape index (κ3) is 3.38. The van der Waals surface area contributed by atoms with Crippen LogP contribution in [0.15, 0.2) is 15.5 Å². The topological polar surface area (TPSA) is 41.4 Å². The summed E-state index contributed by atoms with van der Waals surface area (Å²) in [5.74, 6) is 0. The third-order valence-corrected chi connectivity index (χ3v) is 5.70. The second-order valence-electron chi connectivity index (χ2n) is 6.46. The fraction of sp³-hybridized carbons (Fsp3) is 0.750. The molecule has 2 aliphatic rings. The average molecular weight is 369 g/mol. The van der Waals surface area contributed by atoms with E-state index in [2.05, 4.69) is 30.8 Å². The molecule has 2 fully saturated rings. The van der Waals surface area contributed by atoms with Crippen molar-refractivity contribution in [1.82, 2.24) is 14.7 Å². The maximum Gasteiger partial charge on any atom is 0.282 e. The molecule has 22 heavy (non-hydrogen) atoms. The van der Waals surface area contributed by atoms with Gasteiger partial charge in [-0.25, -0.2) is 4.68 Å². The third-order valence-electron chi connectivity index (χ3n) is 4.95. The van der Waals surface area contributed by atoms with Crippen molar-refractivity contribution in [3.63, 3.8) is 0 Å². The predicted octanol–water partition coefficient (Wildman–Crippen LogP) is 2.39. The lowest BCUT2D eigenvalue weighted by Crippen LogP contribution is -2.48. The fourth-order valence-corrected chi connectivity index (χ4v) is 4.26. The van der Waals surface area contributed by atoms with Gasteiger partial charge >= 0.3 is 0 Å². The Labute approximate surface area is 140 Å². The van der Waals surface area contributed by atoms with E-state index in [4.69, 9.17) is 0 Å². The number of piperidine rings is 1.